The van der Waals surface area contributed by atoms with Crippen molar-refractivity contribution in [2.45, 2.75) is 137 Å². The Balaban J connectivity index is 1.48. The van der Waals surface area contributed by atoms with E-state index in [0.717, 1.165) is 0 Å². The molecule has 81 heavy (non-hydrogen) atoms. The third-order valence-corrected chi connectivity index (χ3v) is 14.5. The highest BCUT2D eigenvalue weighted by Gasteiger charge is 2.45. The SMILES string of the molecule is NCCCC[C@H](NC(=O)[C@H](CO)NC(=O)[C@H](CS)NC(=O)[C@@H]1CCCN1C(=O)[C@@H]1CCCN1C(=O)[C@H](Cc1ccc(O)cc1)NC(=O)[C@H](CCCCN)NC(=O)[C@@H](N)CO)C(=O)N[C@@H](Cc1ccc(O)cc1)C(=O)N[C@@H](CS)C(=O)O. The van der Waals surface area contributed by atoms with Crippen LogP contribution in [0.3, 0.4) is 0 Å². The van der Waals surface area contributed by atoms with Crippen LogP contribution >= 0.6 is 25.3 Å². The van der Waals surface area contributed by atoms with Gasteiger partial charge in [0.05, 0.1) is 13.2 Å². The highest BCUT2D eigenvalue weighted by atomic mass is 32.1. The molecule has 29 heteroatoms. The summed E-state index contributed by atoms with van der Waals surface area (Å²) in [6, 6.07) is -1.76. The number of carboxylic acids is 1. The number of benzene rings is 2. The number of unbranched alkanes of at least 4 members (excludes halogenated alkanes) is 2. The molecule has 9 amide bonds. The lowest BCUT2D eigenvalue weighted by atomic mass is 10.0. The minimum atomic E-state index is -1.70. The first kappa shape index (κ1) is 66.7. The molecule has 0 bridgehead atoms. The number of nitrogens with one attached hydrogen (secondary N) is 7. The molecule has 10 atom stereocenters. The zero-order valence-corrected chi connectivity index (χ0v) is 46.7. The van der Waals surface area contributed by atoms with Gasteiger partial charge in [-0.1, -0.05) is 24.3 Å². The second-order valence-electron chi connectivity index (χ2n) is 19.8. The molecule has 2 fully saturated rings. The Bertz CT molecular complexity index is 2460. The standard InChI is InChI=1S/C52H78N12O15S2/c53-19-3-1-7-34(56-43(69)33(55)25-65)45(71)59-37(24-30-13-17-32(68)18-14-30)50(76)64-22-6-10-42(64)51(77)63-21-5-9-41(63)49(75)61-39(27-80)48(74)60-38(26-66)47(73)57-35(8-2-4-20-54)44(70)58-36(23-29-11-15-31(67)16-12-29)46(72)62-40(28-81)52(78)79/h11-18,33-42,65-68,80-81H,1-10,19-28,53-55H2,(H,56,69)(H,57,73)(H,58,70)(H,59,71)(H,60,74)(H,61,75)(H,62,72)(H,78,79)/t33-,34-,35-,36-,37-,38-,39-,40-,41-,42-/m0/s1. The molecule has 0 saturated carbocycles. The number of nitrogens with two attached hydrogens (primary N) is 3. The highest BCUT2D eigenvalue weighted by molar-refractivity contribution is 7.80. The Morgan fingerprint density at radius 1 is 0.519 bits per heavy atom. The summed E-state index contributed by atoms with van der Waals surface area (Å²) in [5.41, 5.74) is 18.1. The van der Waals surface area contributed by atoms with Crippen LogP contribution in [0.15, 0.2) is 48.5 Å². The van der Waals surface area contributed by atoms with E-state index in [4.69, 9.17) is 17.2 Å². The number of aliphatic hydroxyl groups is 2. The maximum Gasteiger partial charge on any atom is 0.327 e. The average Bonchev–Trinajstić information content (AvgIpc) is 4.24. The van der Waals surface area contributed by atoms with Gasteiger partial charge in [-0.3, -0.25) is 43.2 Å². The molecule has 448 valence electrons. The first-order valence-corrected chi connectivity index (χ1v) is 28.1. The topological polar surface area (TPSA) is 441 Å². The van der Waals surface area contributed by atoms with E-state index in [9.17, 15) is 73.5 Å². The summed E-state index contributed by atoms with van der Waals surface area (Å²) in [4.78, 5) is 139. The van der Waals surface area contributed by atoms with Crippen molar-refractivity contribution in [2.75, 3.05) is 50.9 Å². The minimum Gasteiger partial charge on any atom is -0.508 e. The van der Waals surface area contributed by atoms with Crippen LogP contribution in [0.1, 0.15) is 75.3 Å². The number of hydrogen-bond acceptors (Lipinski definition) is 19. The quantitative estimate of drug-likeness (QED) is 0.0238. The largest absolute Gasteiger partial charge is 0.508 e. The predicted octanol–water partition coefficient (Wildman–Crippen LogP) is -4.23. The molecule has 0 aliphatic carbocycles. The number of aliphatic hydroxyl groups excluding tert-OH is 2. The number of carboxylic acid groups (broad SMARTS) is 1. The van der Waals surface area contributed by atoms with Crippen LogP contribution in [0, 0.1) is 0 Å². The van der Waals surface area contributed by atoms with Gasteiger partial charge >= 0.3 is 5.97 Å². The van der Waals surface area contributed by atoms with Crippen LogP contribution in [0.2, 0.25) is 0 Å². The molecular weight excluding hydrogens is 1100 g/mol. The van der Waals surface area contributed by atoms with Crippen LogP contribution in [0.5, 0.6) is 11.5 Å². The molecule has 0 unspecified atom stereocenters. The van der Waals surface area contributed by atoms with E-state index in [1.54, 1.807) is 12.1 Å². The molecule has 0 aromatic heterocycles. The number of carbonyl (C=O) groups is 10. The summed E-state index contributed by atoms with van der Waals surface area (Å²) >= 11 is 8.24. The van der Waals surface area contributed by atoms with Crippen molar-refractivity contribution in [3.8, 4) is 11.5 Å². The van der Waals surface area contributed by atoms with Gasteiger partial charge in [-0.25, -0.2) is 4.79 Å². The van der Waals surface area contributed by atoms with E-state index >= 15 is 0 Å². The molecule has 27 nitrogen and oxygen atoms in total. The van der Waals surface area contributed by atoms with E-state index in [-0.39, 0.29) is 81.2 Å². The number of hydrogen-bond donors (Lipinski definition) is 17. The summed E-state index contributed by atoms with van der Waals surface area (Å²) in [7, 11) is 0. The van der Waals surface area contributed by atoms with Gasteiger partial charge in [-0.2, -0.15) is 25.3 Å². The zero-order valence-electron chi connectivity index (χ0n) is 44.9. The van der Waals surface area contributed by atoms with Crippen molar-refractivity contribution in [3.63, 3.8) is 0 Å². The van der Waals surface area contributed by atoms with Crippen molar-refractivity contribution in [2.24, 2.45) is 17.2 Å². The van der Waals surface area contributed by atoms with E-state index in [1.807, 2.05) is 0 Å². The number of thiol groups is 2. The number of likely N-dealkylation sites (tertiary alicyclic amines) is 2. The summed E-state index contributed by atoms with van der Waals surface area (Å²) in [5, 5.41) is 66.7. The van der Waals surface area contributed by atoms with Crippen molar-refractivity contribution in [3.05, 3.63) is 59.7 Å². The molecule has 2 aliphatic rings. The predicted molar refractivity (Wildman–Crippen MR) is 300 cm³/mol. The van der Waals surface area contributed by atoms with Gasteiger partial charge in [0.2, 0.25) is 53.2 Å². The van der Waals surface area contributed by atoms with Crippen molar-refractivity contribution < 1.29 is 73.5 Å². The Morgan fingerprint density at radius 2 is 0.938 bits per heavy atom. The van der Waals surface area contributed by atoms with E-state index in [0.29, 0.717) is 56.2 Å². The van der Waals surface area contributed by atoms with Gasteiger partial charge in [0.15, 0.2) is 0 Å². The Kier molecular flexibility index (Phi) is 27.9. The van der Waals surface area contributed by atoms with E-state index < -0.39 is 133 Å². The molecule has 2 aromatic rings. The number of rotatable bonds is 33. The number of aromatic hydroxyl groups is 2. The lowest BCUT2D eigenvalue weighted by Gasteiger charge is -2.33. The fourth-order valence-electron chi connectivity index (χ4n) is 9.21. The number of amides is 9. The maximum absolute atomic E-state index is 14.6. The first-order chi connectivity index (χ1) is 38.7. The third-order valence-electron chi connectivity index (χ3n) is 13.8. The molecule has 2 aliphatic heterocycles. The van der Waals surface area contributed by atoms with Gasteiger partial charge in [0.25, 0.3) is 0 Å². The van der Waals surface area contributed by atoms with Crippen molar-refractivity contribution in [1.29, 1.82) is 0 Å². The van der Waals surface area contributed by atoms with E-state index in [1.165, 1.54) is 46.2 Å². The normalized spacial score (nSPS) is 17.9. The summed E-state index contributed by atoms with van der Waals surface area (Å²) in [5.74, 6) is -9.39. The van der Waals surface area contributed by atoms with Gasteiger partial charge in [-0.05, 0) is 113 Å². The van der Waals surface area contributed by atoms with Crippen LogP contribution in [0.4, 0.5) is 0 Å². The Morgan fingerprint density at radius 3 is 1.43 bits per heavy atom. The lowest BCUT2D eigenvalue weighted by Crippen LogP contribution is -2.61. The summed E-state index contributed by atoms with van der Waals surface area (Å²) < 4.78 is 0. The van der Waals surface area contributed by atoms with Gasteiger partial charge in [0, 0.05) is 37.4 Å². The van der Waals surface area contributed by atoms with Crippen molar-refractivity contribution in [1.82, 2.24) is 47.0 Å². The minimum absolute atomic E-state index is 0.0293. The fourth-order valence-corrected chi connectivity index (χ4v) is 9.72. The summed E-state index contributed by atoms with van der Waals surface area (Å²) in [6.45, 7) is -0.932. The van der Waals surface area contributed by atoms with Gasteiger partial charge in [0.1, 0.15) is 71.9 Å². The maximum atomic E-state index is 14.6. The van der Waals surface area contributed by atoms with Gasteiger partial charge < -0.3 is 89.8 Å². The Hall–Kier alpha value is -6.76. The Labute approximate surface area is 479 Å². The van der Waals surface area contributed by atoms with Crippen LogP contribution in [0.25, 0.3) is 0 Å². The second kappa shape index (κ2) is 33.9. The molecule has 2 aromatic carbocycles. The van der Waals surface area contributed by atoms with E-state index in [2.05, 4.69) is 62.5 Å². The molecule has 2 heterocycles. The zero-order chi connectivity index (χ0) is 59.8. The van der Waals surface area contributed by atoms with Crippen LogP contribution < -0.4 is 54.4 Å². The van der Waals surface area contributed by atoms with Crippen molar-refractivity contribution >= 4 is 84.4 Å². The molecule has 0 spiro atoms. The smallest absolute Gasteiger partial charge is 0.327 e. The second-order valence-corrected chi connectivity index (χ2v) is 20.5. The molecule has 4 rings (SSSR count). The molecule has 18 N–H and O–H groups in total. The van der Waals surface area contributed by atoms with Crippen LogP contribution in [-0.2, 0) is 60.8 Å². The van der Waals surface area contributed by atoms with Crippen LogP contribution in [-0.4, -0.2) is 206 Å². The first-order valence-electron chi connectivity index (χ1n) is 26.8. The summed E-state index contributed by atoms with van der Waals surface area (Å²) in [6.07, 6.45) is 2.58. The average molecular weight is 1180 g/mol. The number of carbonyl (C=O) groups excluding carboxylic acids is 9. The fraction of sp³-hybridized carbons (Fsp3) is 0.577. The molecule has 0 radical (unpaired) electrons. The van der Waals surface area contributed by atoms with Gasteiger partial charge in [-0.15, -0.1) is 0 Å². The number of phenols is 2. The molecule has 2 saturated heterocycles. The number of aliphatic carboxylic acids is 1. The third kappa shape index (κ3) is 20.3. The lowest BCUT2D eigenvalue weighted by molar-refractivity contribution is -0.148. The monoisotopic (exact) mass is 1170 g/mol. The highest BCUT2D eigenvalue weighted by Crippen LogP contribution is 2.27. The number of nitrogens with zero attached hydrogens (tertiary/aromatic N) is 2. The number of phenolic OH excluding ortho intramolecular Hbond substituents is 2. The molecular formula is C52H78N12O15S2.